The molecule has 3 unspecified atom stereocenters. The predicted octanol–water partition coefficient (Wildman–Crippen LogP) is 2.90. The largest absolute Gasteiger partial charge is 0.480 e. The summed E-state index contributed by atoms with van der Waals surface area (Å²) in [5.74, 6) is -1.69. The zero-order valence-electron chi connectivity index (χ0n) is 17.1. The molecule has 9 heteroatoms. The van der Waals surface area contributed by atoms with Crippen molar-refractivity contribution in [1.82, 2.24) is 14.0 Å². The first-order valence-corrected chi connectivity index (χ1v) is 11.3. The van der Waals surface area contributed by atoms with Crippen LogP contribution in [0.15, 0.2) is 51.9 Å². The summed E-state index contributed by atoms with van der Waals surface area (Å²) in [5, 5.41) is 20.3. The molecule has 2 aliphatic rings. The Hall–Kier alpha value is -2.91. The minimum absolute atomic E-state index is 0.0113. The van der Waals surface area contributed by atoms with Crippen LogP contribution in [0.5, 0.6) is 0 Å². The highest BCUT2D eigenvalue weighted by molar-refractivity contribution is 9.10. The van der Waals surface area contributed by atoms with Crippen LogP contribution in [0.4, 0.5) is 0 Å². The van der Waals surface area contributed by atoms with E-state index >= 15 is 0 Å². The van der Waals surface area contributed by atoms with Gasteiger partial charge in [-0.1, -0.05) is 28.1 Å². The third-order valence-electron chi connectivity index (χ3n) is 6.58. The number of rotatable bonds is 5. The summed E-state index contributed by atoms with van der Waals surface area (Å²) < 4.78 is 4.21. The lowest BCUT2D eigenvalue weighted by Crippen LogP contribution is -2.49. The number of carboxylic acids is 2. The van der Waals surface area contributed by atoms with Gasteiger partial charge in [0, 0.05) is 58.9 Å². The number of hydrogen-bond donors (Lipinski definition) is 2. The molecule has 166 valence electrons. The second-order valence-corrected chi connectivity index (χ2v) is 9.58. The molecule has 3 aromatic rings. The molecule has 0 radical (unpaired) electrons. The van der Waals surface area contributed by atoms with Crippen LogP contribution in [0.25, 0.3) is 10.9 Å². The molecule has 1 saturated heterocycles. The first-order chi connectivity index (χ1) is 15.3. The average Bonchev–Trinajstić information content (AvgIpc) is 3.05. The lowest BCUT2D eigenvalue weighted by atomic mass is 9.82. The van der Waals surface area contributed by atoms with Crippen LogP contribution in [0.2, 0.25) is 0 Å². The predicted molar refractivity (Wildman–Crippen MR) is 121 cm³/mol. The molecule has 2 N–H and O–H groups in total. The summed E-state index contributed by atoms with van der Waals surface area (Å²) in [6.07, 6.45) is 2.59. The smallest absolute Gasteiger partial charge is 0.325 e. The number of fused-ring (bicyclic) bond motifs is 5. The number of aromatic nitrogens is 2. The summed E-state index contributed by atoms with van der Waals surface area (Å²) in [7, 11) is 0. The Labute approximate surface area is 191 Å². The van der Waals surface area contributed by atoms with Gasteiger partial charge in [-0.3, -0.25) is 19.3 Å². The molecule has 2 aromatic heterocycles. The Morgan fingerprint density at radius 1 is 1.12 bits per heavy atom. The standard InChI is InChI=1S/C23H22BrN3O5/c24-15-4-5-16-17(11-25(12-21(29)30)19(16)7-15)22(23(31)32)26-8-13-6-14(10-26)18-2-1-3-20(28)27(18)9-13/h1-5,7,11,13-14,22H,6,8-10,12H2,(H,29,30)(H,31,32). The molecule has 8 nitrogen and oxygen atoms in total. The van der Waals surface area contributed by atoms with Crippen molar-refractivity contribution in [1.29, 1.82) is 0 Å². The molecule has 32 heavy (non-hydrogen) atoms. The molecular formula is C23H22BrN3O5. The van der Waals surface area contributed by atoms with E-state index in [1.54, 1.807) is 22.9 Å². The highest BCUT2D eigenvalue weighted by Crippen LogP contribution is 2.40. The van der Waals surface area contributed by atoms with Gasteiger partial charge in [0.2, 0.25) is 0 Å². The molecule has 1 aromatic carbocycles. The highest BCUT2D eigenvalue weighted by atomic mass is 79.9. The van der Waals surface area contributed by atoms with Crippen LogP contribution in [0.1, 0.15) is 29.6 Å². The van der Waals surface area contributed by atoms with Crippen molar-refractivity contribution in [2.75, 3.05) is 13.1 Å². The molecule has 4 heterocycles. The minimum atomic E-state index is -0.991. The van der Waals surface area contributed by atoms with Crippen LogP contribution in [-0.4, -0.2) is 49.3 Å². The third kappa shape index (κ3) is 3.55. The van der Waals surface area contributed by atoms with Gasteiger partial charge in [-0.2, -0.15) is 0 Å². The van der Waals surface area contributed by atoms with Gasteiger partial charge in [-0.15, -0.1) is 0 Å². The Morgan fingerprint density at radius 3 is 2.69 bits per heavy atom. The highest BCUT2D eigenvalue weighted by Gasteiger charge is 2.40. The molecule has 1 fully saturated rings. The van der Waals surface area contributed by atoms with E-state index < -0.39 is 18.0 Å². The zero-order chi connectivity index (χ0) is 22.6. The Balaban J connectivity index is 1.57. The quantitative estimate of drug-likeness (QED) is 0.559. The SMILES string of the molecule is O=C(O)Cn1cc(C(C(=O)O)N2CC3CC(C2)c2cccc(=O)n2C3)c2ccc(Br)cc21. The van der Waals surface area contributed by atoms with Gasteiger partial charge in [0.15, 0.2) is 0 Å². The van der Waals surface area contributed by atoms with Crippen LogP contribution in [-0.2, 0) is 22.7 Å². The molecule has 2 bridgehead atoms. The Morgan fingerprint density at radius 2 is 1.94 bits per heavy atom. The number of hydrogen-bond acceptors (Lipinski definition) is 4. The molecule has 0 amide bonds. The van der Waals surface area contributed by atoms with Crippen molar-refractivity contribution in [2.24, 2.45) is 5.92 Å². The molecule has 0 saturated carbocycles. The molecule has 0 aliphatic carbocycles. The summed E-state index contributed by atoms with van der Waals surface area (Å²) in [4.78, 5) is 38.2. The van der Waals surface area contributed by atoms with Gasteiger partial charge in [0.25, 0.3) is 5.56 Å². The number of benzene rings is 1. The number of aliphatic carboxylic acids is 2. The minimum Gasteiger partial charge on any atom is -0.480 e. The molecule has 2 aliphatic heterocycles. The van der Waals surface area contributed by atoms with Crippen molar-refractivity contribution in [2.45, 2.75) is 31.5 Å². The van der Waals surface area contributed by atoms with E-state index in [1.165, 1.54) is 0 Å². The third-order valence-corrected chi connectivity index (χ3v) is 7.08. The number of halogens is 1. The van der Waals surface area contributed by atoms with E-state index in [0.717, 1.165) is 22.0 Å². The maximum Gasteiger partial charge on any atom is 0.325 e. The van der Waals surface area contributed by atoms with Gasteiger partial charge in [0.1, 0.15) is 12.6 Å². The normalized spacial score (nSPS) is 21.3. The fourth-order valence-corrected chi connectivity index (χ4v) is 5.77. The van der Waals surface area contributed by atoms with Crippen LogP contribution in [0.3, 0.4) is 0 Å². The number of pyridine rings is 1. The number of likely N-dealkylation sites (tertiary alicyclic amines) is 1. The van der Waals surface area contributed by atoms with E-state index in [0.29, 0.717) is 30.7 Å². The number of piperidine rings is 1. The van der Waals surface area contributed by atoms with Crippen LogP contribution < -0.4 is 5.56 Å². The number of carboxylic acid groups (broad SMARTS) is 2. The molecule has 5 rings (SSSR count). The lowest BCUT2D eigenvalue weighted by Gasteiger charge is -2.44. The fraction of sp³-hybridized carbons (Fsp3) is 0.348. The second-order valence-electron chi connectivity index (χ2n) is 8.66. The topological polar surface area (TPSA) is 105 Å². The summed E-state index contributed by atoms with van der Waals surface area (Å²) >= 11 is 3.42. The van der Waals surface area contributed by atoms with Crippen LogP contribution >= 0.6 is 15.9 Å². The number of nitrogens with zero attached hydrogens (tertiary/aromatic N) is 3. The average molecular weight is 500 g/mol. The van der Waals surface area contributed by atoms with Crippen molar-refractivity contribution < 1.29 is 19.8 Å². The second kappa shape index (κ2) is 7.90. The van der Waals surface area contributed by atoms with E-state index in [4.69, 9.17) is 0 Å². The summed E-state index contributed by atoms with van der Waals surface area (Å²) in [6.45, 7) is 1.43. The number of carbonyl (C=O) groups is 2. The summed E-state index contributed by atoms with van der Waals surface area (Å²) in [5.41, 5.74) is 2.21. The monoisotopic (exact) mass is 499 g/mol. The van der Waals surface area contributed by atoms with E-state index in [1.807, 2.05) is 33.7 Å². The van der Waals surface area contributed by atoms with Crippen molar-refractivity contribution in [3.05, 3.63) is 68.7 Å². The first-order valence-electron chi connectivity index (χ1n) is 10.5. The van der Waals surface area contributed by atoms with Crippen molar-refractivity contribution in [3.63, 3.8) is 0 Å². The van der Waals surface area contributed by atoms with E-state index in [2.05, 4.69) is 15.9 Å². The molecule has 0 spiro atoms. The lowest BCUT2D eigenvalue weighted by molar-refractivity contribution is -0.144. The maximum absolute atomic E-state index is 12.5. The van der Waals surface area contributed by atoms with Gasteiger partial charge in [0.05, 0.1) is 5.52 Å². The molecule has 3 atom stereocenters. The van der Waals surface area contributed by atoms with Crippen molar-refractivity contribution >= 4 is 38.8 Å². The first kappa shape index (κ1) is 21.0. The summed E-state index contributed by atoms with van der Waals surface area (Å²) in [6, 6.07) is 9.87. The van der Waals surface area contributed by atoms with E-state index in [9.17, 15) is 24.6 Å². The van der Waals surface area contributed by atoms with Gasteiger partial charge in [-0.25, -0.2) is 0 Å². The zero-order valence-corrected chi connectivity index (χ0v) is 18.7. The van der Waals surface area contributed by atoms with Gasteiger partial charge in [-0.05, 0) is 30.5 Å². The maximum atomic E-state index is 12.5. The fourth-order valence-electron chi connectivity index (χ4n) is 5.42. The van der Waals surface area contributed by atoms with Gasteiger partial charge < -0.3 is 19.3 Å². The Bertz CT molecular complexity index is 1300. The van der Waals surface area contributed by atoms with Crippen LogP contribution in [0, 0.1) is 5.92 Å². The molecular weight excluding hydrogens is 478 g/mol. The Kier molecular flexibility index (Phi) is 5.17. The van der Waals surface area contributed by atoms with Gasteiger partial charge >= 0.3 is 11.9 Å². The van der Waals surface area contributed by atoms with Crippen molar-refractivity contribution in [3.8, 4) is 0 Å². The van der Waals surface area contributed by atoms with E-state index in [-0.39, 0.29) is 23.9 Å².